The number of hydrogen-bond acceptors (Lipinski definition) is 4. The largest absolute Gasteiger partial charge is 0.360 e. The SMILES string of the molecule is CC1CCN(S(=O)(=O)c2ccc3[nH]cc(C(=O)NCCC4=CCCCC4)c(=O)c3c2)CC1. The van der Waals surface area contributed by atoms with Crippen LogP contribution in [0.2, 0.25) is 0 Å². The van der Waals surface area contributed by atoms with Gasteiger partial charge in [0.05, 0.1) is 4.90 Å². The number of piperidine rings is 1. The molecule has 0 saturated carbocycles. The number of carbonyl (C=O) groups is 1. The molecule has 4 rings (SSSR count). The van der Waals surface area contributed by atoms with Gasteiger partial charge in [0.2, 0.25) is 15.5 Å². The molecule has 8 heteroatoms. The first-order valence-corrected chi connectivity index (χ1v) is 12.9. The van der Waals surface area contributed by atoms with E-state index >= 15 is 0 Å². The maximum atomic E-state index is 13.1. The minimum atomic E-state index is -3.68. The molecule has 1 aromatic carbocycles. The van der Waals surface area contributed by atoms with Crippen LogP contribution in [0.15, 0.2) is 45.7 Å². The molecule has 1 aliphatic heterocycles. The number of allylic oxidation sites excluding steroid dienone is 1. The van der Waals surface area contributed by atoms with E-state index in [4.69, 9.17) is 0 Å². The van der Waals surface area contributed by atoms with E-state index in [2.05, 4.69) is 23.3 Å². The van der Waals surface area contributed by atoms with Gasteiger partial charge < -0.3 is 10.3 Å². The number of carbonyl (C=O) groups excluding carboxylic acids is 1. The zero-order valence-electron chi connectivity index (χ0n) is 18.5. The predicted octanol–water partition coefficient (Wildman–Crippen LogP) is 3.57. The van der Waals surface area contributed by atoms with Crippen LogP contribution in [0, 0.1) is 5.92 Å². The third-order valence-electron chi connectivity index (χ3n) is 6.59. The first-order valence-electron chi connectivity index (χ1n) is 11.5. The van der Waals surface area contributed by atoms with E-state index in [0.717, 1.165) is 32.1 Å². The molecule has 0 spiro atoms. The van der Waals surface area contributed by atoms with Crippen LogP contribution < -0.4 is 10.7 Å². The van der Waals surface area contributed by atoms with E-state index < -0.39 is 21.4 Å². The maximum absolute atomic E-state index is 13.1. The second-order valence-electron chi connectivity index (χ2n) is 8.94. The van der Waals surface area contributed by atoms with Crippen LogP contribution in [0.1, 0.15) is 62.2 Å². The highest BCUT2D eigenvalue weighted by molar-refractivity contribution is 7.89. The van der Waals surface area contributed by atoms with Gasteiger partial charge >= 0.3 is 0 Å². The molecule has 0 bridgehead atoms. The van der Waals surface area contributed by atoms with Crippen molar-refractivity contribution in [3.63, 3.8) is 0 Å². The molecule has 1 aromatic heterocycles. The Morgan fingerprint density at radius 3 is 2.72 bits per heavy atom. The van der Waals surface area contributed by atoms with Crippen LogP contribution in [-0.2, 0) is 10.0 Å². The molecule has 1 aliphatic carbocycles. The lowest BCUT2D eigenvalue weighted by Gasteiger charge is -2.29. The Bertz CT molecular complexity index is 1190. The van der Waals surface area contributed by atoms with Crippen molar-refractivity contribution in [2.24, 2.45) is 5.92 Å². The lowest BCUT2D eigenvalue weighted by atomic mass is 9.97. The molecule has 7 nitrogen and oxygen atoms in total. The van der Waals surface area contributed by atoms with Crippen molar-refractivity contribution in [3.05, 3.63) is 51.8 Å². The van der Waals surface area contributed by atoms with Crippen molar-refractivity contribution in [1.82, 2.24) is 14.6 Å². The molecule has 172 valence electrons. The molecule has 32 heavy (non-hydrogen) atoms. The number of nitrogens with one attached hydrogen (secondary N) is 2. The number of hydrogen-bond donors (Lipinski definition) is 2. The fourth-order valence-corrected chi connectivity index (χ4v) is 5.96. The molecule has 1 amide bonds. The number of benzene rings is 1. The van der Waals surface area contributed by atoms with Gasteiger partial charge in [-0.05, 0) is 69.1 Å². The van der Waals surface area contributed by atoms with Gasteiger partial charge in [0.1, 0.15) is 5.56 Å². The molecular weight excluding hydrogens is 426 g/mol. The number of amides is 1. The van der Waals surface area contributed by atoms with Crippen LogP contribution in [0.3, 0.4) is 0 Å². The van der Waals surface area contributed by atoms with E-state index in [1.165, 1.54) is 41.0 Å². The van der Waals surface area contributed by atoms with Gasteiger partial charge in [-0.25, -0.2) is 8.42 Å². The number of sulfonamides is 1. The van der Waals surface area contributed by atoms with Gasteiger partial charge in [0.25, 0.3) is 5.91 Å². The number of aromatic nitrogens is 1. The minimum absolute atomic E-state index is 0.00327. The summed E-state index contributed by atoms with van der Waals surface area (Å²) in [5.41, 5.74) is 1.39. The number of pyridine rings is 1. The summed E-state index contributed by atoms with van der Waals surface area (Å²) in [5.74, 6) is 0.0687. The summed E-state index contributed by atoms with van der Waals surface area (Å²) in [6.07, 6.45) is 10.7. The third kappa shape index (κ3) is 4.81. The van der Waals surface area contributed by atoms with Gasteiger partial charge in [-0.1, -0.05) is 18.6 Å². The van der Waals surface area contributed by atoms with Gasteiger partial charge in [-0.3, -0.25) is 9.59 Å². The average Bonchev–Trinajstić information content (AvgIpc) is 2.80. The average molecular weight is 458 g/mol. The third-order valence-corrected chi connectivity index (χ3v) is 8.49. The Kier molecular flexibility index (Phi) is 6.81. The Hall–Kier alpha value is -2.45. The second kappa shape index (κ2) is 9.58. The quantitative estimate of drug-likeness (QED) is 0.648. The highest BCUT2D eigenvalue weighted by Crippen LogP contribution is 2.25. The fourth-order valence-electron chi connectivity index (χ4n) is 4.46. The number of aromatic amines is 1. The Morgan fingerprint density at radius 2 is 2.00 bits per heavy atom. The van der Waals surface area contributed by atoms with Crippen LogP contribution in [0.4, 0.5) is 0 Å². The molecule has 0 atom stereocenters. The molecule has 1 saturated heterocycles. The normalized spacial score (nSPS) is 18.5. The summed E-state index contributed by atoms with van der Waals surface area (Å²) in [6, 6.07) is 4.50. The first-order chi connectivity index (χ1) is 15.4. The van der Waals surface area contributed by atoms with Gasteiger partial charge in [0.15, 0.2) is 0 Å². The van der Waals surface area contributed by atoms with E-state index in [1.54, 1.807) is 6.07 Å². The summed E-state index contributed by atoms with van der Waals surface area (Å²) in [6.45, 7) is 3.57. The van der Waals surface area contributed by atoms with Crippen molar-refractivity contribution >= 4 is 26.8 Å². The van der Waals surface area contributed by atoms with Crippen LogP contribution in [0.25, 0.3) is 10.9 Å². The van der Waals surface area contributed by atoms with Crippen molar-refractivity contribution in [2.75, 3.05) is 19.6 Å². The highest BCUT2D eigenvalue weighted by atomic mass is 32.2. The van der Waals surface area contributed by atoms with Crippen LogP contribution in [0.5, 0.6) is 0 Å². The standard InChI is InChI=1S/C24H31N3O4S/c1-17-10-13-27(14-11-17)32(30,31)19-7-8-22-20(15-19)23(28)21(16-26-22)24(29)25-12-9-18-5-3-2-4-6-18/h5,7-8,15-17H,2-4,6,9-14H2,1H3,(H,25,29)(H,26,28). The molecule has 2 aliphatic rings. The molecule has 2 heterocycles. The monoisotopic (exact) mass is 457 g/mol. The van der Waals surface area contributed by atoms with Gasteiger partial charge in [-0.15, -0.1) is 0 Å². The molecule has 0 radical (unpaired) electrons. The molecular formula is C24H31N3O4S. The molecule has 1 fully saturated rings. The van der Waals surface area contributed by atoms with E-state index in [9.17, 15) is 18.0 Å². The predicted molar refractivity (Wildman–Crippen MR) is 125 cm³/mol. The second-order valence-corrected chi connectivity index (χ2v) is 10.9. The number of fused-ring (bicyclic) bond motifs is 1. The van der Waals surface area contributed by atoms with Crippen molar-refractivity contribution in [3.8, 4) is 0 Å². The number of H-pyrrole nitrogens is 1. The van der Waals surface area contributed by atoms with Gasteiger partial charge in [0, 0.05) is 36.7 Å². The van der Waals surface area contributed by atoms with Gasteiger partial charge in [-0.2, -0.15) is 4.31 Å². The first kappa shape index (κ1) is 22.7. The zero-order valence-corrected chi connectivity index (χ0v) is 19.3. The highest BCUT2D eigenvalue weighted by Gasteiger charge is 2.28. The Balaban J connectivity index is 1.54. The molecule has 2 N–H and O–H groups in total. The summed E-state index contributed by atoms with van der Waals surface area (Å²) in [4.78, 5) is 28.7. The summed E-state index contributed by atoms with van der Waals surface area (Å²) >= 11 is 0. The van der Waals surface area contributed by atoms with E-state index in [1.807, 2.05) is 0 Å². The summed E-state index contributed by atoms with van der Waals surface area (Å²) in [5, 5.41) is 3.03. The lowest BCUT2D eigenvalue weighted by molar-refractivity contribution is 0.0953. The Morgan fingerprint density at radius 1 is 1.22 bits per heavy atom. The summed E-state index contributed by atoms with van der Waals surface area (Å²) in [7, 11) is -3.68. The van der Waals surface area contributed by atoms with E-state index in [-0.39, 0.29) is 15.8 Å². The fraction of sp³-hybridized carbons (Fsp3) is 0.500. The van der Waals surface area contributed by atoms with Crippen molar-refractivity contribution < 1.29 is 13.2 Å². The molecule has 2 aromatic rings. The Labute approximate surface area is 188 Å². The molecule has 0 unspecified atom stereocenters. The minimum Gasteiger partial charge on any atom is -0.360 e. The number of rotatable bonds is 6. The van der Waals surface area contributed by atoms with Crippen molar-refractivity contribution in [2.45, 2.75) is 56.8 Å². The maximum Gasteiger partial charge on any atom is 0.256 e. The topological polar surface area (TPSA) is 99.3 Å². The van der Waals surface area contributed by atoms with Crippen LogP contribution >= 0.6 is 0 Å². The number of nitrogens with zero attached hydrogens (tertiary/aromatic N) is 1. The summed E-state index contributed by atoms with van der Waals surface area (Å²) < 4.78 is 27.7. The van der Waals surface area contributed by atoms with E-state index in [0.29, 0.717) is 31.1 Å². The zero-order chi connectivity index (χ0) is 22.7. The van der Waals surface area contributed by atoms with Crippen molar-refractivity contribution in [1.29, 1.82) is 0 Å². The lowest BCUT2D eigenvalue weighted by Crippen LogP contribution is -2.37. The van der Waals surface area contributed by atoms with Crippen LogP contribution in [-0.4, -0.2) is 43.2 Å². The smallest absolute Gasteiger partial charge is 0.256 e.